The second-order valence-electron chi connectivity index (χ2n) is 5.91. The quantitative estimate of drug-likeness (QED) is 0.597. The number of nitrogens with one attached hydrogen (secondary N) is 3. The van der Waals surface area contributed by atoms with Crippen molar-refractivity contribution in [2.24, 2.45) is 0 Å². The molecule has 0 aromatic carbocycles. The molecule has 0 atom stereocenters. The van der Waals surface area contributed by atoms with Crippen LogP contribution in [-0.4, -0.2) is 53.7 Å². The first kappa shape index (κ1) is 19.9. The second-order valence-corrected chi connectivity index (χ2v) is 5.91. The molecule has 0 saturated carbocycles. The molecule has 0 bridgehead atoms. The van der Waals surface area contributed by atoms with Crippen LogP contribution in [0.4, 0.5) is 0 Å². The van der Waals surface area contributed by atoms with E-state index in [1.165, 1.54) is 12.8 Å². The maximum Gasteiger partial charge on any atom is 0.272 e. The van der Waals surface area contributed by atoms with Crippen molar-refractivity contribution in [2.75, 3.05) is 32.7 Å². The molecule has 2 heterocycles. The summed E-state index contributed by atoms with van der Waals surface area (Å²) in [6.07, 6.45) is 4.26. The topological polar surface area (TPSA) is 73.0 Å². The molecule has 2 rings (SSSR count). The van der Waals surface area contributed by atoms with E-state index in [1.807, 2.05) is 0 Å². The molecule has 1 aromatic heterocycles. The van der Waals surface area contributed by atoms with Crippen LogP contribution in [0, 0.1) is 0 Å². The highest BCUT2D eigenvalue weighted by Gasteiger charge is 2.21. The lowest BCUT2D eigenvalue weighted by molar-refractivity contribution is 0.0945. The van der Waals surface area contributed by atoms with Crippen molar-refractivity contribution in [3.63, 3.8) is 0 Å². The van der Waals surface area contributed by atoms with Crippen LogP contribution in [0.25, 0.3) is 0 Å². The van der Waals surface area contributed by atoms with E-state index in [0.29, 0.717) is 12.2 Å². The minimum atomic E-state index is -0.0567. The summed E-state index contributed by atoms with van der Waals surface area (Å²) >= 11 is 0. The van der Waals surface area contributed by atoms with E-state index in [4.69, 9.17) is 0 Å². The number of carbonyl (C=O) groups is 1. The molecule has 1 aliphatic heterocycles. The summed E-state index contributed by atoms with van der Waals surface area (Å²) in [6.45, 7) is 10.1. The molecule has 7 heteroatoms. The molecule has 1 aromatic rings. The number of carbonyl (C=O) groups excluding carboxylic acids is 1. The van der Waals surface area contributed by atoms with Crippen molar-refractivity contribution in [1.82, 2.24) is 25.7 Å². The van der Waals surface area contributed by atoms with Gasteiger partial charge in [0.2, 0.25) is 0 Å². The highest BCUT2D eigenvalue weighted by Crippen LogP contribution is 2.14. The third kappa shape index (κ3) is 5.79. The third-order valence-corrected chi connectivity index (χ3v) is 4.04. The molecule has 6 nitrogen and oxygen atoms in total. The number of fused-ring (bicyclic) bond motifs is 1. The lowest BCUT2D eigenvalue weighted by Crippen LogP contribution is -2.32. The van der Waals surface area contributed by atoms with Gasteiger partial charge in [0.25, 0.3) is 5.91 Å². The molecule has 0 saturated heterocycles. The zero-order valence-corrected chi connectivity index (χ0v) is 15.1. The molecule has 0 aliphatic carbocycles. The van der Waals surface area contributed by atoms with E-state index >= 15 is 0 Å². The monoisotopic (exact) mass is 343 g/mol. The van der Waals surface area contributed by atoms with E-state index in [2.05, 4.69) is 39.6 Å². The first-order valence-corrected chi connectivity index (χ1v) is 8.53. The van der Waals surface area contributed by atoms with Gasteiger partial charge in [0.15, 0.2) is 5.69 Å². The summed E-state index contributed by atoms with van der Waals surface area (Å²) in [5.41, 5.74) is 2.68. The number of hydrogen-bond acceptors (Lipinski definition) is 4. The fourth-order valence-corrected chi connectivity index (χ4v) is 2.97. The summed E-state index contributed by atoms with van der Waals surface area (Å²) in [5.74, 6) is -0.0567. The summed E-state index contributed by atoms with van der Waals surface area (Å²) in [6, 6.07) is 0. The zero-order chi connectivity index (χ0) is 15.8. The highest BCUT2D eigenvalue weighted by atomic mass is 35.5. The Morgan fingerprint density at radius 3 is 2.70 bits per heavy atom. The van der Waals surface area contributed by atoms with E-state index in [1.54, 1.807) is 0 Å². The molecule has 132 valence electrons. The Labute approximate surface area is 145 Å². The fraction of sp³-hybridized carbons (Fsp3) is 0.750. The van der Waals surface area contributed by atoms with Gasteiger partial charge in [-0.1, -0.05) is 13.8 Å². The summed E-state index contributed by atoms with van der Waals surface area (Å²) in [4.78, 5) is 14.7. The van der Waals surface area contributed by atoms with Gasteiger partial charge in [0.1, 0.15) is 0 Å². The van der Waals surface area contributed by atoms with E-state index in [9.17, 15) is 4.79 Å². The third-order valence-electron chi connectivity index (χ3n) is 4.04. The molecule has 23 heavy (non-hydrogen) atoms. The van der Waals surface area contributed by atoms with Crippen molar-refractivity contribution in [2.45, 2.75) is 46.1 Å². The lowest BCUT2D eigenvalue weighted by Gasteiger charge is -2.20. The van der Waals surface area contributed by atoms with E-state index < -0.39 is 0 Å². The Kier molecular flexibility index (Phi) is 9.21. The smallest absolute Gasteiger partial charge is 0.272 e. The van der Waals surface area contributed by atoms with Crippen molar-refractivity contribution in [3.8, 4) is 0 Å². The molecule has 3 N–H and O–H groups in total. The zero-order valence-electron chi connectivity index (χ0n) is 14.3. The average Bonchev–Trinajstić information content (AvgIpc) is 2.96. The molecule has 0 unspecified atom stereocenters. The van der Waals surface area contributed by atoms with Gasteiger partial charge < -0.3 is 15.5 Å². The van der Waals surface area contributed by atoms with Crippen LogP contribution in [0.5, 0.6) is 0 Å². The van der Waals surface area contributed by atoms with Gasteiger partial charge in [-0.15, -0.1) is 12.4 Å². The highest BCUT2D eigenvalue weighted by molar-refractivity contribution is 5.94. The van der Waals surface area contributed by atoms with Crippen molar-refractivity contribution in [3.05, 3.63) is 17.0 Å². The minimum Gasteiger partial charge on any atom is -0.351 e. The SMILES string of the molecule is CCCN(CCC)CCCNC(=O)c1n[nH]c2c1CNCC2.Cl. The fourth-order valence-electron chi connectivity index (χ4n) is 2.97. The molecular formula is C16H30ClN5O. The van der Waals surface area contributed by atoms with Crippen LogP contribution >= 0.6 is 12.4 Å². The Bertz CT molecular complexity index is 471. The predicted molar refractivity (Wildman–Crippen MR) is 95.2 cm³/mol. The molecule has 1 amide bonds. The normalized spacial score (nSPS) is 13.5. The maximum absolute atomic E-state index is 12.2. The Morgan fingerprint density at radius 1 is 1.26 bits per heavy atom. The van der Waals surface area contributed by atoms with Crippen LogP contribution in [0.1, 0.15) is 54.9 Å². The second kappa shape index (κ2) is 10.6. The molecule has 0 radical (unpaired) electrons. The average molecular weight is 344 g/mol. The van der Waals surface area contributed by atoms with Gasteiger partial charge in [-0.25, -0.2) is 0 Å². The number of amides is 1. The minimum absolute atomic E-state index is 0. The largest absolute Gasteiger partial charge is 0.351 e. The standard InChI is InChI=1S/C16H29N5O.ClH/c1-3-9-21(10-4-2)11-5-7-18-16(22)15-13-12-17-8-6-14(13)19-20-15;/h17H,3-12H2,1-2H3,(H,18,22)(H,19,20);1H. The van der Waals surface area contributed by atoms with Gasteiger partial charge in [-0.05, 0) is 38.9 Å². The van der Waals surface area contributed by atoms with Crippen molar-refractivity contribution in [1.29, 1.82) is 0 Å². The lowest BCUT2D eigenvalue weighted by atomic mass is 10.1. The van der Waals surface area contributed by atoms with Crippen LogP contribution in [0.2, 0.25) is 0 Å². The van der Waals surface area contributed by atoms with Crippen LogP contribution < -0.4 is 10.6 Å². The van der Waals surface area contributed by atoms with Gasteiger partial charge >= 0.3 is 0 Å². The van der Waals surface area contributed by atoms with E-state index in [0.717, 1.165) is 56.8 Å². The number of nitrogens with zero attached hydrogens (tertiary/aromatic N) is 2. The van der Waals surface area contributed by atoms with Crippen molar-refractivity contribution >= 4 is 18.3 Å². The number of halogens is 1. The van der Waals surface area contributed by atoms with Crippen molar-refractivity contribution < 1.29 is 4.79 Å². The van der Waals surface area contributed by atoms with Gasteiger partial charge in [-0.2, -0.15) is 5.10 Å². The Hall–Kier alpha value is -1.11. The Balaban J connectivity index is 0.00000264. The van der Waals surface area contributed by atoms with E-state index in [-0.39, 0.29) is 18.3 Å². The number of aromatic nitrogens is 2. The number of H-pyrrole nitrogens is 1. The van der Waals surface area contributed by atoms with Gasteiger partial charge in [0.05, 0.1) is 0 Å². The summed E-state index contributed by atoms with van der Waals surface area (Å²) in [5, 5.41) is 13.5. The first-order valence-electron chi connectivity index (χ1n) is 8.53. The predicted octanol–water partition coefficient (Wildman–Crippen LogP) is 1.72. The molecule has 1 aliphatic rings. The van der Waals surface area contributed by atoms with Crippen LogP contribution in [0.3, 0.4) is 0 Å². The first-order chi connectivity index (χ1) is 10.8. The molecular weight excluding hydrogens is 314 g/mol. The molecule has 0 spiro atoms. The number of hydrogen-bond donors (Lipinski definition) is 3. The van der Waals surface area contributed by atoms with Crippen LogP contribution in [-0.2, 0) is 13.0 Å². The number of rotatable bonds is 9. The Morgan fingerprint density at radius 2 is 2.00 bits per heavy atom. The maximum atomic E-state index is 12.2. The summed E-state index contributed by atoms with van der Waals surface area (Å²) in [7, 11) is 0. The summed E-state index contributed by atoms with van der Waals surface area (Å²) < 4.78 is 0. The van der Waals surface area contributed by atoms with Gasteiger partial charge in [0, 0.05) is 37.3 Å². The number of aromatic amines is 1. The van der Waals surface area contributed by atoms with Gasteiger partial charge in [-0.3, -0.25) is 9.89 Å². The van der Waals surface area contributed by atoms with Crippen LogP contribution in [0.15, 0.2) is 0 Å². The molecule has 0 fully saturated rings.